The Bertz CT molecular complexity index is 457. The lowest BCUT2D eigenvalue weighted by atomic mass is 10.0. The Morgan fingerprint density at radius 1 is 1.07 bits per heavy atom. The first kappa shape index (κ1) is 9.28. The van der Waals surface area contributed by atoms with Gasteiger partial charge >= 0.3 is 0 Å². The molecule has 1 nitrogen and oxygen atoms in total. The van der Waals surface area contributed by atoms with Gasteiger partial charge < -0.3 is 5.73 Å². The number of hydrogen-bond donors (Lipinski definition) is 1. The van der Waals surface area contributed by atoms with Crippen LogP contribution in [0.15, 0.2) is 29.0 Å². The van der Waals surface area contributed by atoms with Crippen LogP contribution in [0.5, 0.6) is 0 Å². The summed E-state index contributed by atoms with van der Waals surface area (Å²) in [6, 6.07) is 6.45. The summed E-state index contributed by atoms with van der Waals surface area (Å²) in [5, 5.41) is 4.08. The molecule has 1 aromatic heterocycles. The quantitative estimate of drug-likeness (QED) is 0.752. The molecule has 0 unspecified atom stereocenters. The van der Waals surface area contributed by atoms with Gasteiger partial charge in [-0.15, -0.1) is 11.3 Å². The van der Waals surface area contributed by atoms with E-state index >= 15 is 0 Å². The molecule has 0 atom stereocenters. The van der Waals surface area contributed by atoms with Gasteiger partial charge in [-0.05, 0) is 25.0 Å². The first-order valence-electron chi connectivity index (χ1n) is 4.58. The molecule has 1 aromatic carbocycles. The summed E-state index contributed by atoms with van der Waals surface area (Å²) in [6.07, 6.45) is 0. The first-order chi connectivity index (χ1) is 6.68. The van der Waals surface area contributed by atoms with E-state index < -0.39 is 0 Å². The normalized spacial score (nSPS) is 10.4. The Morgan fingerprint density at radius 2 is 1.86 bits per heavy atom. The maximum atomic E-state index is 5.89. The minimum absolute atomic E-state index is 0.877. The van der Waals surface area contributed by atoms with Crippen molar-refractivity contribution < 1.29 is 0 Å². The molecule has 0 aliphatic rings. The average molecular weight is 203 g/mol. The first-order valence-corrected chi connectivity index (χ1v) is 5.52. The summed E-state index contributed by atoms with van der Waals surface area (Å²) in [5.41, 5.74) is 11.8. The minimum atomic E-state index is 0.877. The lowest BCUT2D eigenvalue weighted by molar-refractivity contribution is 1.39. The molecule has 14 heavy (non-hydrogen) atoms. The van der Waals surface area contributed by atoms with E-state index in [1.54, 1.807) is 11.3 Å². The molecule has 0 fully saturated rings. The van der Waals surface area contributed by atoms with Crippen molar-refractivity contribution in [1.29, 1.82) is 0 Å². The van der Waals surface area contributed by atoms with Crippen LogP contribution in [0.3, 0.4) is 0 Å². The standard InChI is InChI=1S/C12H13NS/c1-8-3-4-10(9(2)5-8)11-6-14-7-12(11)13/h3-7H,13H2,1-2H3. The van der Waals surface area contributed by atoms with Crippen LogP contribution in [0.25, 0.3) is 11.1 Å². The molecule has 0 radical (unpaired) electrons. The van der Waals surface area contributed by atoms with Gasteiger partial charge in [-0.3, -0.25) is 0 Å². The molecule has 0 spiro atoms. The number of anilines is 1. The van der Waals surface area contributed by atoms with E-state index in [0.717, 1.165) is 11.3 Å². The Balaban J connectivity index is 2.58. The monoisotopic (exact) mass is 203 g/mol. The third-order valence-electron chi connectivity index (χ3n) is 2.36. The van der Waals surface area contributed by atoms with Crippen molar-refractivity contribution in [2.75, 3.05) is 5.73 Å². The maximum absolute atomic E-state index is 5.89. The van der Waals surface area contributed by atoms with Gasteiger partial charge in [-0.1, -0.05) is 23.8 Å². The Hall–Kier alpha value is -1.28. The molecule has 0 aliphatic carbocycles. The number of rotatable bonds is 1. The van der Waals surface area contributed by atoms with E-state index in [2.05, 4.69) is 37.4 Å². The predicted molar refractivity (Wildman–Crippen MR) is 63.6 cm³/mol. The molecule has 2 rings (SSSR count). The third-order valence-corrected chi connectivity index (χ3v) is 3.13. The van der Waals surface area contributed by atoms with E-state index in [9.17, 15) is 0 Å². The van der Waals surface area contributed by atoms with Crippen molar-refractivity contribution in [3.05, 3.63) is 40.1 Å². The molecular formula is C12H13NS. The van der Waals surface area contributed by atoms with Gasteiger partial charge in [0.2, 0.25) is 0 Å². The fourth-order valence-corrected chi connectivity index (χ4v) is 2.38. The predicted octanol–water partition coefficient (Wildman–Crippen LogP) is 3.61. The van der Waals surface area contributed by atoms with Gasteiger partial charge in [0.25, 0.3) is 0 Å². The summed E-state index contributed by atoms with van der Waals surface area (Å²) in [4.78, 5) is 0. The smallest absolute Gasteiger partial charge is 0.0502 e. The van der Waals surface area contributed by atoms with E-state index in [4.69, 9.17) is 5.73 Å². The topological polar surface area (TPSA) is 26.0 Å². The molecule has 0 saturated heterocycles. The molecule has 72 valence electrons. The fraction of sp³-hybridized carbons (Fsp3) is 0.167. The third kappa shape index (κ3) is 1.53. The number of thiophene rings is 1. The van der Waals surface area contributed by atoms with Crippen molar-refractivity contribution in [2.45, 2.75) is 13.8 Å². The van der Waals surface area contributed by atoms with Gasteiger partial charge in [0.1, 0.15) is 0 Å². The van der Waals surface area contributed by atoms with Crippen LogP contribution < -0.4 is 5.73 Å². The fourth-order valence-electron chi connectivity index (χ4n) is 1.64. The van der Waals surface area contributed by atoms with E-state index in [1.807, 2.05) is 5.38 Å². The highest BCUT2D eigenvalue weighted by molar-refractivity contribution is 7.08. The van der Waals surface area contributed by atoms with Gasteiger partial charge in [0.05, 0.1) is 5.69 Å². The van der Waals surface area contributed by atoms with Crippen molar-refractivity contribution in [1.82, 2.24) is 0 Å². The maximum Gasteiger partial charge on any atom is 0.0502 e. The summed E-state index contributed by atoms with van der Waals surface area (Å²) < 4.78 is 0. The molecule has 0 amide bonds. The van der Waals surface area contributed by atoms with Crippen molar-refractivity contribution in [2.24, 2.45) is 0 Å². The van der Waals surface area contributed by atoms with Gasteiger partial charge in [0, 0.05) is 16.3 Å². The number of nitrogen functional groups attached to an aromatic ring is 1. The van der Waals surface area contributed by atoms with Gasteiger partial charge in [-0.25, -0.2) is 0 Å². The van der Waals surface area contributed by atoms with Crippen LogP contribution in [0.1, 0.15) is 11.1 Å². The summed E-state index contributed by atoms with van der Waals surface area (Å²) in [6.45, 7) is 4.23. The van der Waals surface area contributed by atoms with Crippen molar-refractivity contribution in [3.8, 4) is 11.1 Å². The van der Waals surface area contributed by atoms with Crippen molar-refractivity contribution in [3.63, 3.8) is 0 Å². The van der Waals surface area contributed by atoms with Crippen molar-refractivity contribution >= 4 is 17.0 Å². The molecule has 2 aromatic rings. The summed E-state index contributed by atoms with van der Waals surface area (Å²) in [5.74, 6) is 0. The Kier molecular flexibility index (Phi) is 2.30. The highest BCUT2D eigenvalue weighted by atomic mass is 32.1. The van der Waals surface area contributed by atoms with E-state index in [-0.39, 0.29) is 0 Å². The molecular weight excluding hydrogens is 190 g/mol. The summed E-state index contributed by atoms with van der Waals surface area (Å²) >= 11 is 1.65. The van der Waals surface area contributed by atoms with E-state index in [0.29, 0.717) is 0 Å². The second kappa shape index (κ2) is 3.46. The minimum Gasteiger partial charge on any atom is -0.398 e. The van der Waals surface area contributed by atoms with Crippen LogP contribution in [-0.2, 0) is 0 Å². The number of aryl methyl sites for hydroxylation is 2. The lowest BCUT2D eigenvalue weighted by Crippen LogP contribution is -1.88. The van der Waals surface area contributed by atoms with Gasteiger partial charge in [-0.2, -0.15) is 0 Å². The molecule has 2 heteroatoms. The van der Waals surface area contributed by atoms with E-state index in [1.165, 1.54) is 16.7 Å². The number of benzene rings is 1. The Morgan fingerprint density at radius 3 is 2.43 bits per heavy atom. The average Bonchev–Trinajstić information content (AvgIpc) is 2.52. The molecule has 0 saturated carbocycles. The SMILES string of the molecule is Cc1ccc(-c2cscc2N)c(C)c1. The highest BCUT2D eigenvalue weighted by Gasteiger charge is 2.05. The molecule has 1 heterocycles. The van der Waals surface area contributed by atoms with Crippen LogP contribution in [0, 0.1) is 13.8 Å². The highest BCUT2D eigenvalue weighted by Crippen LogP contribution is 2.31. The zero-order valence-corrected chi connectivity index (χ0v) is 9.19. The summed E-state index contributed by atoms with van der Waals surface area (Å²) in [7, 11) is 0. The lowest BCUT2D eigenvalue weighted by Gasteiger charge is -2.05. The van der Waals surface area contributed by atoms with Crippen LogP contribution in [0.2, 0.25) is 0 Å². The van der Waals surface area contributed by atoms with Crippen LogP contribution >= 0.6 is 11.3 Å². The second-order valence-electron chi connectivity index (χ2n) is 3.56. The molecule has 0 aliphatic heterocycles. The largest absolute Gasteiger partial charge is 0.398 e. The molecule has 0 bridgehead atoms. The van der Waals surface area contributed by atoms with Crippen LogP contribution in [-0.4, -0.2) is 0 Å². The zero-order chi connectivity index (χ0) is 10.1. The molecule has 2 N–H and O–H groups in total. The number of hydrogen-bond acceptors (Lipinski definition) is 2. The van der Waals surface area contributed by atoms with Crippen LogP contribution in [0.4, 0.5) is 5.69 Å². The Labute approximate surface area is 88.2 Å². The zero-order valence-electron chi connectivity index (χ0n) is 8.37. The van der Waals surface area contributed by atoms with Gasteiger partial charge in [0.15, 0.2) is 0 Å². The second-order valence-corrected chi connectivity index (χ2v) is 4.30. The number of nitrogens with two attached hydrogens (primary N) is 1.